The van der Waals surface area contributed by atoms with E-state index in [1.54, 1.807) is 6.92 Å². The molecule has 0 aliphatic carbocycles. The zero-order valence-corrected chi connectivity index (χ0v) is 15.5. The maximum Gasteiger partial charge on any atom is 0.219 e. The van der Waals surface area contributed by atoms with Crippen LogP contribution in [0.2, 0.25) is 5.02 Å². The predicted octanol–water partition coefficient (Wildman–Crippen LogP) is 2.71. The lowest BCUT2D eigenvalue weighted by molar-refractivity contribution is -0.128. The molecular weight excluding hydrogens is 322 g/mol. The molecule has 0 bridgehead atoms. The number of halogens is 1. The molecule has 2 atom stereocenters. The standard InChI is InChI=1S/C19H28ClN3O/c1-15-12-21(13-17-6-3-4-7-18(17)20)14-19(15)23-9-5-8-22(10-11-23)16(2)24/h3-4,6-7,15,19H,5,8-14H2,1-2H3/t15-,19+/m1/s1. The van der Waals surface area contributed by atoms with E-state index in [2.05, 4.69) is 28.9 Å². The van der Waals surface area contributed by atoms with Crippen molar-refractivity contribution in [1.29, 1.82) is 0 Å². The monoisotopic (exact) mass is 349 g/mol. The molecule has 1 aromatic rings. The van der Waals surface area contributed by atoms with Gasteiger partial charge in [0.1, 0.15) is 0 Å². The Morgan fingerprint density at radius 3 is 2.71 bits per heavy atom. The molecule has 4 nitrogen and oxygen atoms in total. The molecule has 0 aromatic heterocycles. The second-order valence-electron chi connectivity index (χ2n) is 7.23. The van der Waals surface area contributed by atoms with Gasteiger partial charge in [-0.25, -0.2) is 0 Å². The average molecular weight is 350 g/mol. The van der Waals surface area contributed by atoms with Crippen molar-refractivity contribution < 1.29 is 4.79 Å². The van der Waals surface area contributed by atoms with E-state index in [-0.39, 0.29) is 5.91 Å². The number of nitrogens with zero attached hydrogens (tertiary/aromatic N) is 3. The second kappa shape index (κ2) is 7.85. The summed E-state index contributed by atoms with van der Waals surface area (Å²) in [5.74, 6) is 0.855. The van der Waals surface area contributed by atoms with Gasteiger partial charge in [-0.1, -0.05) is 36.7 Å². The molecule has 0 saturated carbocycles. The summed E-state index contributed by atoms with van der Waals surface area (Å²) in [4.78, 5) is 18.7. The first-order chi connectivity index (χ1) is 11.5. The predicted molar refractivity (Wildman–Crippen MR) is 98.1 cm³/mol. The lowest BCUT2D eigenvalue weighted by atomic mass is 10.0. The number of rotatable bonds is 3. The van der Waals surface area contributed by atoms with Crippen molar-refractivity contribution in [3.63, 3.8) is 0 Å². The topological polar surface area (TPSA) is 26.8 Å². The van der Waals surface area contributed by atoms with Crippen LogP contribution in [0.3, 0.4) is 0 Å². The van der Waals surface area contributed by atoms with E-state index in [1.807, 2.05) is 17.0 Å². The zero-order valence-electron chi connectivity index (χ0n) is 14.7. The number of likely N-dealkylation sites (tertiary alicyclic amines) is 1. The highest BCUT2D eigenvalue weighted by molar-refractivity contribution is 6.31. The minimum absolute atomic E-state index is 0.205. The fourth-order valence-electron chi connectivity index (χ4n) is 4.10. The van der Waals surface area contributed by atoms with Crippen LogP contribution in [-0.2, 0) is 11.3 Å². The Morgan fingerprint density at radius 1 is 1.17 bits per heavy atom. The molecular formula is C19H28ClN3O. The lowest BCUT2D eigenvalue weighted by Gasteiger charge is -2.30. The molecule has 0 spiro atoms. The van der Waals surface area contributed by atoms with Crippen molar-refractivity contribution >= 4 is 17.5 Å². The number of hydrogen-bond donors (Lipinski definition) is 0. The van der Waals surface area contributed by atoms with Gasteiger partial charge in [0, 0.05) is 63.8 Å². The molecule has 2 aliphatic rings. The molecule has 2 fully saturated rings. The summed E-state index contributed by atoms with van der Waals surface area (Å²) in [5, 5.41) is 0.862. The van der Waals surface area contributed by atoms with Crippen molar-refractivity contribution in [1.82, 2.24) is 14.7 Å². The molecule has 0 unspecified atom stereocenters. The van der Waals surface area contributed by atoms with Crippen LogP contribution in [0.5, 0.6) is 0 Å². The highest BCUT2D eigenvalue weighted by Crippen LogP contribution is 2.26. The first-order valence-electron chi connectivity index (χ1n) is 9.00. The van der Waals surface area contributed by atoms with E-state index >= 15 is 0 Å². The highest BCUT2D eigenvalue weighted by Gasteiger charge is 2.34. The Kier molecular flexibility index (Phi) is 5.80. The molecule has 3 rings (SSSR count). The Morgan fingerprint density at radius 2 is 1.96 bits per heavy atom. The summed E-state index contributed by atoms with van der Waals surface area (Å²) in [6, 6.07) is 8.72. The molecule has 1 amide bonds. The Labute approximate surface area is 150 Å². The fraction of sp³-hybridized carbons (Fsp3) is 0.632. The molecule has 5 heteroatoms. The minimum Gasteiger partial charge on any atom is -0.342 e. The maximum absolute atomic E-state index is 11.6. The third-order valence-corrected chi connectivity index (χ3v) is 5.81. The van der Waals surface area contributed by atoms with Crippen molar-refractivity contribution in [2.75, 3.05) is 39.3 Å². The Balaban J connectivity index is 1.59. The van der Waals surface area contributed by atoms with E-state index in [4.69, 9.17) is 11.6 Å². The first kappa shape index (κ1) is 17.7. The van der Waals surface area contributed by atoms with Gasteiger partial charge in [0.25, 0.3) is 0 Å². The van der Waals surface area contributed by atoms with Gasteiger partial charge in [-0.05, 0) is 24.0 Å². The first-order valence-corrected chi connectivity index (χ1v) is 9.37. The summed E-state index contributed by atoms with van der Waals surface area (Å²) in [6.07, 6.45) is 1.08. The van der Waals surface area contributed by atoms with E-state index < -0.39 is 0 Å². The molecule has 2 aliphatic heterocycles. The van der Waals surface area contributed by atoms with E-state index in [9.17, 15) is 4.79 Å². The number of benzene rings is 1. The van der Waals surface area contributed by atoms with Crippen LogP contribution in [0, 0.1) is 5.92 Å². The molecule has 132 valence electrons. The largest absolute Gasteiger partial charge is 0.342 e. The van der Waals surface area contributed by atoms with Gasteiger partial charge in [-0.3, -0.25) is 14.6 Å². The average Bonchev–Trinajstić information content (AvgIpc) is 2.76. The minimum atomic E-state index is 0.205. The third kappa shape index (κ3) is 4.11. The van der Waals surface area contributed by atoms with Gasteiger partial charge in [0.05, 0.1) is 0 Å². The summed E-state index contributed by atoms with van der Waals surface area (Å²) < 4.78 is 0. The van der Waals surface area contributed by atoms with Crippen LogP contribution < -0.4 is 0 Å². The number of amides is 1. The molecule has 24 heavy (non-hydrogen) atoms. The number of hydrogen-bond acceptors (Lipinski definition) is 3. The van der Waals surface area contributed by atoms with Crippen molar-refractivity contribution in [2.45, 2.75) is 32.9 Å². The molecule has 0 radical (unpaired) electrons. The molecule has 0 N–H and O–H groups in total. The van der Waals surface area contributed by atoms with Gasteiger partial charge in [0.2, 0.25) is 5.91 Å². The van der Waals surface area contributed by atoms with Crippen LogP contribution in [0.25, 0.3) is 0 Å². The van der Waals surface area contributed by atoms with Gasteiger partial charge in [0.15, 0.2) is 0 Å². The molecule has 2 saturated heterocycles. The zero-order chi connectivity index (χ0) is 17.1. The third-order valence-electron chi connectivity index (χ3n) is 5.44. The van der Waals surface area contributed by atoms with Crippen LogP contribution in [-0.4, -0.2) is 65.9 Å². The van der Waals surface area contributed by atoms with Crippen molar-refractivity contribution in [3.8, 4) is 0 Å². The van der Waals surface area contributed by atoms with E-state index in [1.165, 1.54) is 5.56 Å². The van der Waals surface area contributed by atoms with Crippen molar-refractivity contribution in [2.24, 2.45) is 5.92 Å². The van der Waals surface area contributed by atoms with Gasteiger partial charge < -0.3 is 4.90 Å². The second-order valence-corrected chi connectivity index (χ2v) is 7.63. The molecule has 2 heterocycles. The normalized spacial score (nSPS) is 26.5. The number of carbonyl (C=O) groups excluding carboxylic acids is 1. The van der Waals surface area contributed by atoms with E-state index in [0.717, 1.165) is 57.3 Å². The van der Waals surface area contributed by atoms with Crippen LogP contribution in [0.1, 0.15) is 25.8 Å². The van der Waals surface area contributed by atoms with Crippen LogP contribution >= 0.6 is 11.6 Å². The lowest BCUT2D eigenvalue weighted by Crippen LogP contribution is -2.42. The van der Waals surface area contributed by atoms with E-state index in [0.29, 0.717) is 12.0 Å². The van der Waals surface area contributed by atoms with Crippen LogP contribution in [0.4, 0.5) is 0 Å². The quantitative estimate of drug-likeness (QED) is 0.839. The highest BCUT2D eigenvalue weighted by atomic mass is 35.5. The van der Waals surface area contributed by atoms with Crippen molar-refractivity contribution in [3.05, 3.63) is 34.9 Å². The summed E-state index contributed by atoms with van der Waals surface area (Å²) in [5.41, 5.74) is 1.21. The Bertz CT molecular complexity index is 579. The Hall–Kier alpha value is -1.10. The fourth-order valence-corrected chi connectivity index (χ4v) is 4.30. The van der Waals surface area contributed by atoms with Gasteiger partial charge in [-0.2, -0.15) is 0 Å². The smallest absolute Gasteiger partial charge is 0.219 e. The van der Waals surface area contributed by atoms with Crippen LogP contribution in [0.15, 0.2) is 24.3 Å². The maximum atomic E-state index is 11.6. The molecule has 1 aromatic carbocycles. The summed E-state index contributed by atoms with van der Waals surface area (Å²) in [6.45, 7) is 11.0. The summed E-state index contributed by atoms with van der Waals surface area (Å²) >= 11 is 6.32. The number of carbonyl (C=O) groups is 1. The summed E-state index contributed by atoms with van der Waals surface area (Å²) in [7, 11) is 0. The van der Waals surface area contributed by atoms with Gasteiger partial charge in [-0.15, -0.1) is 0 Å². The SMILES string of the molecule is CC(=O)N1CCCN([C@H]2CN(Cc3ccccc3Cl)C[C@H]2C)CC1. The van der Waals surface area contributed by atoms with Gasteiger partial charge >= 0.3 is 0 Å².